The first-order chi connectivity index (χ1) is 8.54. The van der Waals surface area contributed by atoms with Crippen molar-refractivity contribution in [3.05, 3.63) is 0 Å². The second-order valence-corrected chi connectivity index (χ2v) is 6.41. The summed E-state index contributed by atoms with van der Waals surface area (Å²) in [6.45, 7) is 13.6. The van der Waals surface area contributed by atoms with E-state index < -0.39 is 0 Å². The molecule has 3 nitrogen and oxygen atoms in total. The Kier molecular flexibility index (Phi) is 7.20. The van der Waals surface area contributed by atoms with Crippen LogP contribution in [0.15, 0.2) is 0 Å². The number of ether oxygens (including phenoxy) is 1. The average molecular weight is 256 g/mol. The third-order valence-electron chi connectivity index (χ3n) is 3.79. The number of hydrogen-bond donors (Lipinski definition) is 1. The van der Waals surface area contributed by atoms with E-state index in [-0.39, 0.29) is 0 Å². The number of rotatable bonds is 8. The van der Waals surface area contributed by atoms with Crippen molar-refractivity contribution < 1.29 is 4.74 Å². The van der Waals surface area contributed by atoms with Crippen LogP contribution in [-0.2, 0) is 4.74 Å². The average Bonchev–Trinajstić information content (AvgIpc) is 2.76. The molecule has 0 radical (unpaired) electrons. The Bertz CT molecular complexity index is 213. The molecule has 1 saturated heterocycles. The second-order valence-electron chi connectivity index (χ2n) is 6.41. The van der Waals surface area contributed by atoms with E-state index in [2.05, 4.69) is 37.9 Å². The fourth-order valence-electron chi connectivity index (χ4n) is 2.90. The molecule has 2 unspecified atom stereocenters. The molecule has 0 aromatic carbocycles. The van der Waals surface area contributed by atoms with Crippen molar-refractivity contribution in [2.24, 2.45) is 11.8 Å². The van der Waals surface area contributed by atoms with Crippen molar-refractivity contribution in [3.63, 3.8) is 0 Å². The molecule has 0 bridgehead atoms. The van der Waals surface area contributed by atoms with Gasteiger partial charge in [-0.25, -0.2) is 0 Å². The first-order valence-electron chi connectivity index (χ1n) is 7.51. The molecule has 1 N–H and O–H groups in total. The van der Waals surface area contributed by atoms with Crippen molar-refractivity contribution in [1.29, 1.82) is 0 Å². The Balaban J connectivity index is 2.60. The molecule has 0 aromatic heterocycles. The van der Waals surface area contributed by atoms with Gasteiger partial charge in [-0.3, -0.25) is 4.90 Å². The van der Waals surface area contributed by atoms with Gasteiger partial charge in [-0.15, -0.1) is 0 Å². The highest BCUT2D eigenvalue weighted by molar-refractivity contribution is 4.83. The summed E-state index contributed by atoms with van der Waals surface area (Å²) < 4.78 is 5.43. The van der Waals surface area contributed by atoms with E-state index >= 15 is 0 Å². The molecule has 1 fully saturated rings. The Morgan fingerprint density at radius 2 is 2.00 bits per heavy atom. The highest BCUT2D eigenvalue weighted by Gasteiger charge is 2.26. The molecule has 1 aliphatic heterocycles. The third-order valence-corrected chi connectivity index (χ3v) is 3.79. The van der Waals surface area contributed by atoms with Crippen LogP contribution in [0.4, 0.5) is 0 Å². The van der Waals surface area contributed by atoms with E-state index in [4.69, 9.17) is 4.74 Å². The van der Waals surface area contributed by atoms with Crippen molar-refractivity contribution in [1.82, 2.24) is 10.2 Å². The summed E-state index contributed by atoms with van der Waals surface area (Å²) in [4.78, 5) is 2.64. The first kappa shape index (κ1) is 15.9. The normalized spacial score (nSPS) is 22.3. The lowest BCUT2D eigenvalue weighted by atomic mass is 10.0. The van der Waals surface area contributed by atoms with Gasteiger partial charge in [0.1, 0.15) is 0 Å². The molecule has 3 heteroatoms. The fraction of sp³-hybridized carbons (Fsp3) is 1.00. The van der Waals surface area contributed by atoms with E-state index in [1.54, 1.807) is 0 Å². The van der Waals surface area contributed by atoms with Gasteiger partial charge < -0.3 is 10.1 Å². The molecular formula is C15H32N2O. The molecule has 0 aromatic rings. The molecule has 1 aliphatic rings. The van der Waals surface area contributed by atoms with Gasteiger partial charge in [0.05, 0.1) is 6.61 Å². The van der Waals surface area contributed by atoms with E-state index in [1.807, 2.05) is 7.11 Å². The predicted molar refractivity (Wildman–Crippen MR) is 77.9 cm³/mol. The zero-order valence-electron chi connectivity index (χ0n) is 12.9. The maximum Gasteiger partial charge on any atom is 0.0620 e. The maximum absolute atomic E-state index is 5.43. The second kappa shape index (κ2) is 8.13. The maximum atomic E-state index is 5.43. The predicted octanol–water partition coefficient (Wildman–Crippen LogP) is 2.37. The Labute approximate surface area is 113 Å². The van der Waals surface area contributed by atoms with Crippen LogP contribution < -0.4 is 5.32 Å². The van der Waals surface area contributed by atoms with Crippen LogP contribution in [0.2, 0.25) is 0 Å². The topological polar surface area (TPSA) is 24.5 Å². The van der Waals surface area contributed by atoms with E-state index in [9.17, 15) is 0 Å². The lowest BCUT2D eigenvalue weighted by molar-refractivity contribution is 0.0519. The quantitative estimate of drug-likeness (QED) is 0.721. The minimum Gasteiger partial charge on any atom is -0.383 e. The van der Waals surface area contributed by atoms with Gasteiger partial charge in [0.2, 0.25) is 0 Å². The number of nitrogens with one attached hydrogen (secondary N) is 1. The third kappa shape index (κ3) is 5.25. The van der Waals surface area contributed by atoms with E-state index in [0.717, 1.165) is 6.61 Å². The number of methoxy groups -OCH3 is 1. The van der Waals surface area contributed by atoms with Crippen molar-refractivity contribution >= 4 is 0 Å². The van der Waals surface area contributed by atoms with Gasteiger partial charge in [-0.2, -0.15) is 0 Å². The fourth-order valence-corrected chi connectivity index (χ4v) is 2.90. The smallest absolute Gasteiger partial charge is 0.0620 e. The van der Waals surface area contributed by atoms with Crippen LogP contribution in [0.1, 0.15) is 40.5 Å². The van der Waals surface area contributed by atoms with Gasteiger partial charge in [0.15, 0.2) is 0 Å². The number of nitrogens with zero attached hydrogens (tertiary/aromatic N) is 1. The summed E-state index contributed by atoms with van der Waals surface area (Å²) in [5.74, 6) is 1.36. The minimum absolute atomic E-state index is 0.541. The molecule has 1 rings (SSSR count). The summed E-state index contributed by atoms with van der Waals surface area (Å²) in [6.07, 6.45) is 2.66. The van der Waals surface area contributed by atoms with Gasteiger partial charge >= 0.3 is 0 Å². The summed E-state index contributed by atoms with van der Waals surface area (Å²) in [5.41, 5.74) is 0. The standard InChI is InChI=1S/C15H32N2O/c1-12(2)9-17(10-14-7-6-8-16-14)15(11-18-5)13(3)4/h12-16H,6-11H2,1-5H3. The molecule has 0 aliphatic carbocycles. The molecule has 18 heavy (non-hydrogen) atoms. The lowest BCUT2D eigenvalue weighted by Gasteiger charge is -2.36. The zero-order valence-corrected chi connectivity index (χ0v) is 12.9. The van der Waals surface area contributed by atoms with E-state index in [0.29, 0.717) is 23.9 Å². The van der Waals surface area contributed by atoms with Crippen molar-refractivity contribution in [2.75, 3.05) is 33.4 Å². The summed E-state index contributed by atoms with van der Waals surface area (Å²) in [7, 11) is 1.82. The first-order valence-corrected chi connectivity index (χ1v) is 7.51. The molecule has 0 saturated carbocycles. The Morgan fingerprint density at radius 3 is 2.44 bits per heavy atom. The van der Waals surface area contributed by atoms with Crippen LogP contribution in [0.25, 0.3) is 0 Å². The molecule has 0 spiro atoms. The molecule has 0 amide bonds. The highest BCUT2D eigenvalue weighted by atomic mass is 16.5. The monoisotopic (exact) mass is 256 g/mol. The van der Waals surface area contributed by atoms with Crippen LogP contribution in [-0.4, -0.2) is 50.3 Å². The summed E-state index contributed by atoms with van der Waals surface area (Å²) in [6, 6.07) is 1.22. The highest BCUT2D eigenvalue weighted by Crippen LogP contribution is 2.16. The molecular weight excluding hydrogens is 224 g/mol. The summed E-state index contributed by atoms with van der Waals surface area (Å²) in [5, 5.41) is 3.61. The van der Waals surface area contributed by atoms with Gasteiger partial charge in [0.25, 0.3) is 0 Å². The SMILES string of the molecule is COCC(C(C)C)N(CC(C)C)CC1CCCN1. The van der Waals surface area contributed by atoms with Gasteiger partial charge in [-0.05, 0) is 31.2 Å². The van der Waals surface area contributed by atoms with Crippen LogP contribution in [0.5, 0.6) is 0 Å². The molecule has 1 heterocycles. The lowest BCUT2D eigenvalue weighted by Crippen LogP contribution is -2.49. The van der Waals surface area contributed by atoms with Crippen molar-refractivity contribution in [3.8, 4) is 0 Å². The largest absolute Gasteiger partial charge is 0.383 e. The van der Waals surface area contributed by atoms with Crippen LogP contribution in [0.3, 0.4) is 0 Å². The summed E-state index contributed by atoms with van der Waals surface area (Å²) >= 11 is 0. The van der Waals surface area contributed by atoms with Crippen LogP contribution in [0, 0.1) is 11.8 Å². The zero-order chi connectivity index (χ0) is 13.5. The number of hydrogen-bond acceptors (Lipinski definition) is 3. The van der Waals surface area contributed by atoms with Gasteiger partial charge in [-0.1, -0.05) is 27.7 Å². The molecule has 108 valence electrons. The van der Waals surface area contributed by atoms with Gasteiger partial charge in [0, 0.05) is 32.3 Å². The Hall–Kier alpha value is -0.120. The Morgan fingerprint density at radius 1 is 1.28 bits per heavy atom. The van der Waals surface area contributed by atoms with E-state index in [1.165, 1.54) is 32.5 Å². The minimum atomic E-state index is 0.541. The molecule has 2 atom stereocenters. The van der Waals surface area contributed by atoms with Crippen molar-refractivity contribution in [2.45, 2.75) is 52.6 Å². The van der Waals surface area contributed by atoms with Crippen LogP contribution >= 0.6 is 0 Å².